The third kappa shape index (κ3) is 2.32. The molecule has 134 valence electrons. The van der Waals surface area contributed by atoms with Crippen LogP contribution >= 0.6 is 0 Å². The van der Waals surface area contributed by atoms with Crippen LogP contribution in [0.1, 0.15) is 47.3 Å². The number of nitrogens with zero attached hydrogens (tertiary/aromatic N) is 2. The zero-order valence-electron chi connectivity index (χ0n) is 18.2. The van der Waals surface area contributed by atoms with E-state index in [4.69, 9.17) is 12.7 Å². The first kappa shape index (κ1) is 14.3. The van der Waals surface area contributed by atoms with E-state index in [1.807, 2.05) is 32.0 Å². The van der Waals surface area contributed by atoms with Crippen molar-refractivity contribution < 1.29 is 2.74 Å². The fraction of sp³-hybridized carbons (Fsp3) is 0.280. The quantitative estimate of drug-likeness (QED) is 0.423. The van der Waals surface area contributed by atoms with E-state index in [9.17, 15) is 0 Å². The first-order chi connectivity index (χ1) is 13.7. The van der Waals surface area contributed by atoms with Crippen LogP contribution in [0.3, 0.4) is 0 Å². The molecule has 0 spiro atoms. The van der Waals surface area contributed by atoms with E-state index in [1.165, 1.54) is 16.3 Å². The smallest absolute Gasteiger partial charge is 0.0940 e. The maximum atomic E-state index is 8.65. The van der Waals surface area contributed by atoms with E-state index < -0.39 is 6.37 Å². The van der Waals surface area contributed by atoms with Crippen LogP contribution in [-0.4, -0.2) is 9.97 Å². The second kappa shape index (κ2) is 5.63. The summed E-state index contributed by atoms with van der Waals surface area (Å²) in [5, 5.41) is 2.46. The molecule has 1 heterocycles. The van der Waals surface area contributed by atoms with Gasteiger partial charge in [0.15, 0.2) is 0 Å². The van der Waals surface area contributed by atoms with E-state index >= 15 is 0 Å². The van der Waals surface area contributed by atoms with Gasteiger partial charge in [0, 0.05) is 13.7 Å². The summed E-state index contributed by atoms with van der Waals surface area (Å²) in [5.41, 5.74) is 5.91. The van der Waals surface area contributed by atoms with Crippen LogP contribution < -0.4 is 0 Å². The molecule has 0 bridgehead atoms. The van der Waals surface area contributed by atoms with E-state index in [-0.39, 0.29) is 11.3 Å². The van der Waals surface area contributed by atoms with Gasteiger partial charge >= 0.3 is 0 Å². The van der Waals surface area contributed by atoms with Crippen LogP contribution in [-0.2, 0) is 11.8 Å². The molecule has 0 N–H and O–H groups in total. The van der Waals surface area contributed by atoms with Crippen molar-refractivity contribution >= 4 is 21.8 Å². The highest BCUT2D eigenvalue weighted by Crippen LogP contribution is 2.47. The Labute approximate surface area is 163 Å². The van der Waals surface area contributed by atoms with Gasteiger partial charge in [0.2, 0.25) is 0 Å². The lowest BCUT2D eigenvalue weighted by Crippen LogP contribution is -2.26. The van der Waals surface area contributed by atoms with Crippen LogP contribution in [0.2, 0.25) is 0 Å². The molecule has 3 aromatic carbocycles. The maximum Gasteiger partial charge on any atom is 0.0940 e. The highest BCUT2D eigenvalue weighted by molar-refractivity contribution is 6.02. The predicted molar refractivity (Wildman–Crippen MR) is 113 cm³/mol. The Bertz CT molecular complexity index is 1280. The average Bonchev–Trinajstić information content (AvgIpc) is 2.70. The molecule has 0 amide bonds. The minimum Gasteiger partial charge on any atom is -0.248 e. The minimum atomic E-state index is -1.47. The van der Waals surface area contributed by atoms with E-state index in [2.05, 4.69) is 50.2 Å². The molecule has 0 radical (unpaired) electrons. The van der Waals surface area contributed by atoms with Crippen LogP contribution in [0.4, 0.5) is 0 Å². The fourth-order valence-electron chi connectivity index (χ4n) is 4.31. The maximum absolute atomic E-state index is 8.65. The van der Waals surface area contributed by atoms with Crippen LogP contribution in [0.5, 0.6) is 0 Å². The van der Waals surface area contributed by atoms with Crippen LogP contribution in [0.15, 0.2) is 54.6 Å². The number of fused-ring (bicyclic) bond motifs is 3. The monoisotopic (exact) mass is 354 g/mol. The molecule has 1 aliphatic rings. The molecule has 0 fully saturated rings. The van der Waals surface area contributed by atoms with Gasteiger partial charge in [-0.2, -0.15) is 0 Å². The molecule has 27 heavy (non-hydrogen) atoms. The summed E-state index contributed by atoms with van der Waals surface area (Å²) in [6.07, 6.45) is -1.47. The molecular formula is C25H24N2. The average molecular weight is 354 g/mol. The van der Waals surface area contributed by atoms with Gasteiger partial charge in [0.25, 0.3) is 0 Å². The molecule has 2 heteroatoms. The lowest BCUT2D eigenvalue weighted by atomic mass is 9.72. The standard InChI is InChI=1S/C25H24N2/c1-15(2)14-17-10-7-13-20-22(17)27-24-23(26-20)18-11-5-8-16-9-6-12-19(21(16)18)25(24,3)4/h5-13,15H,14H2,1-4H3/i14D2. The highest BCUT2D eigenvalue weighted by atomic mass is 14.9. The molecular weight excluding hydrogens is 328 g/mol. The minimum absolute atomic E-state index is 0.159. The predicted octanol–water partition coefficient (Wildman–Crippen LogP) is 6.29. The number of rotatable bonds is 2. The number of aromatic nitrogens is 2. The summed E-state index contributed by atoms with van der Waals surface area (Å²) < 4.78 is 17.3. The van der Waals surface area contributed by atoms with E-state index in [0.717, 1.165) is 22.5 Å². The van der Waals surface area contributed by atoms with Crippen molar-refractivity contribution in [1.29, 1.82) is 0 Å². The van der Waals surface area contributed by atoms with Crippen molar-refractivity contribution in [2.24, 2.45) is 5.92 Å². The Morgan fingerprint density at radius 3 is 2.48 bits per heavy atom. The third-order valence-electron chi connectivity index (χ3n) is 5.56. The Kier molecular flexibility index (Phi) is 2.99. The van der Waals surface area contributed by atoms with Gasteiger partial charge in [0.1, 0.15) is 0 Å². The van der Waals surface area contributed by atoms with Crippen molar-refractivity contribution in [3.63, 3.8) is 0 Å². The van der Waals surface area contributed by atoms with Gasteiger partial charge in [-0.15, -0.1) is 0 Å². The lowest BCUT2D eigenvalue weighted by Gasteiger charge is -2.33. The van der Waals surface area contributed by atoms with E-state index in [1.54, 1.807) is 0 Å². The molecule has 1 aromatic heterocycles. The molecule has 2 nitrogen and oxygen atoms in total. The molecule has 0 atom stereocenters. The Hall–Kier alpha value is -2.74. The summed E-state index contributed by atoms with van der Waals surface area (Å²) in [6.45, 7) is 8.20. The molecule has 5 rings (SSSR count). The lowest BCUT2D eigenvalue weighted by molar-refractivity contribution is 0.618. The van der Waals surface area contributed by atoms with Crippen LogP contribution in [0, 0.1) is 5.92 Å². The highest BCUT2D eigenvalue weighted by Gasteiger charge is 2.36. The molecule has 4 aromatic rings. The number of hydrogen-bond acceptors (Lipinski definition) is 2. The Balaban J connectivity index is 1.91. The summed E-state index contributed by atoms with van der Waals surface area (Å²) in [7, 11) is 0. The number of hydrogen-bond donors (Lipinski definition) is 0. The Morgan fingerprint density at radius 1 is 0.963 bits per heavy atom. The summed E-state index contributed by atoms with van der Waals surface area (Å²) in [6, 6.07) is 18.5. The summed E-state index contributed by atoms with van der Waals surface area (Å²) in [5.74, 6) is -0.159. The van der Waals surface area contributed by atoms with Gasteiger partial charge in [-0.25, -0.2) is 9.97 Å². The normalized spacial score (nSPS) is 16.3. The van der Waals surface area contributed by atoms with Crippen LogP contribution in [0.25, 0.3) is 33.1 Å². The number of benzene rings is 3. The van der Waals surface area contributed by atoms with Gasteiger partial charge < -0.3 is 0 Å². The molecule has 0 saturated heterocycles. The van der Waals surface area contributed by atoms with Crippen molar-refractivity contribution in [3.05, 3.63) is 71.4 Å². The molecule has 0 unspecified atom stereocenters. The molecule has 1 aliphatic carbocycles. The summed E-state index contributed by atoms with van der Waals surface area (Å²) in [4.78, 5) is 10.1. The van der Waals surface area contributed by atoms with E-state index in [0.29, 0.717) is 11.1 Å². The summed E-state index contributed by atoms with van der Waals surface area (Å²) >= 11 is 0. The Morgan fingerprint density at radius 2 is 1.70 bits per heavy atom. The van der Waals surface area contributed by atoms with Gasteiger partial charge in [-0.1, -0.05) is 76.2 Å². The molecule has 0 aliphatic heterocycles. The molecule has 0 saturated carbocycles. The topological polar surface area (TPSA) is 25.8 Å². The number of para-hydroxylation sites is 1. The van der Waals surface area contributed by atoms with Gasteiger partial charge in [-0.3, -0.25) is 0 Å². The van der Waals surface area contributed by atoms with Crippen molar-refractivity contribution in [3.8, 4) is 11.3 Å². The fourth-order valence-corrected chi connectivity index (χ4v) is 4.31. The van der Waals surface area contributed by atoms with Gasteiger partial charge in [0.05, 0.1) is 22.4 Å². The zero-order valence-corrected chi connectivity index (χ0v) is 16.2. The zero-order chi connectivity index (χ0) is 20.6. The van der Waals surface area contributed by atoms with Crippen molar-refractivity contribution in [2.45, 2.75) is 39.5 Å². The first-order valence-electron chi connectivity index (χ1n) is 10.6. The third-order valence-corrected chi connectivity index (χ3v) is 5.56. The van der Waals surface area contributed by atoms with Crippen molar-refractivity contribution in [2.75, 3.05) is 0 Å². The van der Waals surface area contributed by atoms with Gasteiger partial charge in [-0.05, 0) is 40.3 Å². The second-order valence-corrected chi connectivity index (χ2v) is 8.23. The van der Waals surface area contributed by atoms with Crippen molar-refractivity contribution in [1.82, 2.24) is 9.97 Å². The first-order valence-corrected chi connectivity index (χ1v) is 9.57. The SMILES string of the molecule is [2H]C([2H])(c1cccc2nc3c(nc12)C(C)(C)c1cccc2cccc-3c12)C(C)C. The largest absolute Gasteiger partial charge is 0.248 e. The second-order valence-electron chi connectivity index (χ2n) is 8.23.